The minimum atomic E-state index is -1.08. The molecule has 1 N–H and O–H groups in total. The molecule has 6 nitrogen and oxygen atoms in total. The van der Waals surface area contributed by atoms with E-state index < -0.39 is 5.60 Å². The summed E-state index contributed by atoms with van der Waals surface area (Å²) in [7, 11) is 2.23. The zero-order valence-electron chi connectivity index (χ0n) is 18.5. The van der Waals surface area contributed by atoms with Gasteiger partial charge in [-0.25, -0.2) is 4.98 Å². The molecule has 2 bridgehead atoms. The molecule has 3 aromatic rings. The lowest BCUT2D eigenvalue weighted by Gasteiger charge is -2.36. The molecule has 0 radical (unpaired) electrons. The number of fused-ring (bicyclic) bond motifs is 3. The molecule has 5 rings (SSSR count). The number of aliphatic hydroxyl groups is 1. The number of hydrogen-bond donors (Lipinski definition) is 1. The van der Waals surface area contributed by atoms with Crippen LogP contribution in [-0.2, 0) is 0 Å². The Hall–Kier alpha value is -2.66. The van der Waals surface area contributed by atoms with Crippen molar-refractivity contribution in [2.45, 2.75) is 63.3 Å². The Kier molecular flexibility index (Phi) is 5.32. The number of hydrogen-bond acceptors (Lipinski definition) is 6. The van der Waals surface area contributed by atoms with Crippen LogP contribution in [0.3, 0.4) is 0 Å². The summed E-state index contributed by atoms with van der Waals surface area (Å²) in [5.41, 5.74) is 0.156. The molecular weight excluding hydrogens is 422 g/mol. The minimum absolute atomic E-state index is 0.128. The SMILES string of the molecule is CN1[C@@H]2CC[C@H]1C[C@@H](Oc1ccc(-n3cnc4cc(C#CC(C)(C)O)sc4c3=O)cc1)C2. The predicted molar refractivity (Wildman–Crippen MR) is 127 cm³/mol. The first-order valence-electron chi connectivity index (χ1n) is 11.0. The fraction of sp³-hybridized carbons (Fsp3) is 0.440. The summed E-state index contributed by atoms with van der Waals surface area (Å²) in [4.78, 5) is 20.7. The summed E-state index contributed by atoms with van der Waals surface area (Å²) in [5.74, 6) is 6.55. The van der Waals surface area contributed by atoms with Gasteiger partial charge in [-0.05, 0) is 76.9 Å². The van der Waals surface area contributed by atoms with Crippen LogP contribution in [0.1, 0.15) is 44.4 Å². The third-order valence-corrected chi connectivity index (χ3v) is 7.43. The standard InChI is InChI=1S/C25H27N3O3S/c1-25(2,30)11-10-21-14-22-23(32-21)24(29)28(15-26-22)16-6-8-19(9-7-16)31-20-12-17-4-5-18(13-20)27(17)3/h6-9,14-15,17-18,20,30H,4-5,12-13H2,1-3H3/t17-,18+,20+. The van der Waals surface area contributed by atoms with E-state index >= 15 is 0 Å². The average molecular weight is 450 g/mol. The summed E-state index contributed by atoms with van der Waals surface area (Å²) < 4.78 is 8.37. The van der Waals surface area contributed by atoms with E-state index in [1.54, 1.807) is 30.8 Å². The molecule has 0 saturated carbocycles. The molecule has 4 heterocycles. The molecule has 2 fully saturated rings. The number of rotatable bonds is 3. The molecule has 2 aliphatic rings. The van der Waals surface area contributed by atoms with Crippen molar-refractivity contribution < 1.29 is 9.84 Å². The highest BCUT2D eigenvalue weighted by molar-refractivity contribution is 7.19. The maximum Gasteiger partial charge on any atom is 0.275 e. The maximum atomic E-state index is 13.1. The van der Waals surface area contributed by atoms with E-state index in [2.05, 4.69) is 28.8 Å². The number of piperidine rings is 1. The molecule has 166 valence electrons. The summed E-state index contributed by atoms with van der Waals surface area (Å²) in [5, 5.41) is 9.80. The first-order chi connectivity index (χ1) is 15.3. The average Bonchev–Trinajstić information content (AvgIpc) is 3.24. The van der Waals surface area contributed by atoms with Crippen molar-refractivity contribution in [2.24, 2.45) is 0 Å². The van der Waals surface area contributed by atoms with Gasteiger partial charge >= 0.3 is 0 Å². The van der Waals surface area contributed by atoms with E-state index in [0.29, 0.717) is 27.2 Å². The van der Waals surface area contributed by atoms with Crippen molar-refractivity contribution in [2.75, 3.05) is 7.05 Å². The monoisotopic (exact) mass is 449 g/mol. The summed E-state index contributed by atoms with van der Waals surface area (Å²) >= 11 is 1.30. The van der Waals surface area contributed by atoms with Gasteiger partial charge in [-0.15, -0.1) is 11.3 Å². The quantitative estimate of drug-likeness (QED) is 0.619. The Morgan fingerprint density at radius 1 is 1.19 bits per heavy atom. The van der Waals surface area contributed by atoms with Crippen LogP contribution >= 0.6 is 11.3 Å². The van der Waals surface area contributed by atoms with Crippen LogP contribution in [0.15, 0.2) is 41.5 Å². The van der Waals surface area contributed by atoms with Crippen LogP contribution in [0.2, 0.25) is 0 Å². The van der Waals surface area contributed by atoms with E-state index in [1.165, 1.54) is 24.2 Å². The van der Waals surface area contributed by atoms with Crippen molar-refractivity contribution in [3.05, 3.63) is 51.9 Å². The molecule has 0 aliphatic carbocycles. The van der Waals surface area contributed by atoms with E-state index in [0.717, 1.165) is 24.3 Å². The third-order valence-electron chi connectivity index (χ3n) is 6.40. The molecule has 1 aromatic carbocycles. The number of benzene rings is 1. The molecule has 7 heteroatoms. The normalized spacial score (nSPS) is 23.2. The number of nitrogens with zero attached hydrogens (tertiary/aromatic N) is 3. The first kappa shape index (κ1) is 21.2. The van der Waals surface area contributed by atoms with Crippen LogP contribution in [0.25, 0.3) is 15.9 Å². The lowest BCUT2D eigenvalue weighted by atomic mass is 10.0. The summed E-state index contributed by atoms with van der Waals surface area (Å²) in [6, 6.07) is 10.7. The van der Waals surface area contributed by atoms with E-state index in [9.17, 15) is 9.90 Å². The van der Waals surface area contributed by atoms with Gasteiger partial charge in [-0.1, -0.05) is 11.8 Å². The smallest absolute Gasteiger partial charge is 0.275 e. The number of aromatic nitrogens is 2. The molecule has 2 aliphatic heterocycles. The highest BCUT2D eigenvalue weighted by Gasteiger charge is 2.39. The maximum absolute atomic E-state index is 13.1. The van der Waals surface area contributed by atoms with Crippen molar-refractivity contribution in [3.8, 4) is 23.3 Å². The molecule has 3 atom stereocenters. The van der Waals surface area contributed by atoms with Gasteiger partial charge in [0.15, 0.2) is 0 Å². The zero-order valence-corrected chi connectivity index (χ0v) is 19.4. The fourth-order valence-electron chi connectivity index (χ4n) is 4.71. The third kappa shape index (κ3) is 4.18. The van der Waals surface area contributed by atoms with E-state index in [4.69, 9.17) is 4.74 Å². The van der Waals surface area contributed by atoms with Gasteiger partial charge in [-0.3, -0.25) is 9.36 Å². The number of ether oxygens (including phenoxy) is 1. The summed E-state index contributed by atoms with van der Waals surface area (Å²) in [6.45, 7) is 3.26. The molecular formula is C25H27N3O3S. The Labute approximate surface area is 191 Å². The van der Waals surface area contributed by atoms with Crippen molar-refractivity contribution in [1.29, 1.82) is 0 Å². The highest BCUT2D eigenvalue weighted by Crippen LogP contribution is 2.36. The molecule has 0 spiro atoms. The molecule has 0 amide bonds. The number of thiophene rings is 1. The summed E-state index contributed by atoms with van der Waals surface area (Å²) in [6.07, 6.45) is 6.50. The predicted octanol–water partition coefficient (Wildman–Crippen LogP) is 3.57. The Morgan fingerprint density at radius 3 is 2.53 bits per heavy atom. The van der Waals surface area contributed by atoms with Crippen LogP contribution < -0.4 is 10.3 Å². The second kappa shape index (κ2) is 8.04. The van der Waals surface area contributed by atoms with Crippen molar-refractivity contribution in [3.63, 3.8) is 0 Å². The largest absolute Gasteiger partial charge is 0.490 e. The van der Waals surface area contributed by atoms with Crippen molar-refractivity contribution >= 4 is 21.6 Å². The van der Waals surface area contributed by atoms with Gasteiger partial charge in [0.25, 0.3) is 5.56 Å². The van der Waals surface area contributed by atoms with Gasteiger partial charge in [0.05, 0.1) is 16.1 Å². The molecule has 0 unspecified atom stereocenters. The molecule has 2 aromatic heterocycles. The first-order valence-corrected chi connectivity index (χ1v) is 11.8. The van der Waals surface area contributed by atoms with Crippen LogP contribution in [0, 0.1) is 11.8 Å². The topological polar surface area (TPSA) is 67.6 Å². The Morgan fingerprint density at radius 2 is 1.88 bits per heavy atom. The van der Waals surface area contributed by atoms with E-state index in [1.807, 2.05) is 24.3 Å². The zero-order chi connectivity index (χ0) is 22.5. The van der Waals surface area contributed by atoms with Gasteiger partial charge in [0.2, 0.25) is 0 Å². The lowest BCUT2D eigenvalue weighted by Crippen LogP contribution is -2.43. The van der Waals surface area contributed by atoms with Gasteiger partial charge in [0.1, 0.15) is 28.5 Å². The Balaban J connectivity index is 1.35. The van der Waals surface area contributed by atoms with Crippen LogP contribution in [0.4, 0.5) is 0 Å². The van der Waals surface area contributed by atoms with Crippen molar-refractivity contribution in [1.82, 2.24) is 14.5 Å². The highest BCUT2D eigenvalue weighted by atomic mass is 32.1. The Bertz CT molecular complexity index is 1250. The van der Waals surface area contributed by atoms with E-state index in [-0.39, 0.29) is 11.7 Å². The van der Waals surface area contributed by atoms with Gasteiger partial charge in [0, 0.05) is 12.1 Å². The fourth-order valence-corrected chi connectivity index (χ4v) is 5.60. The lowest BCUT2D eigenvalue weighted by molar-refractivity contribution is 0.0662. The van der Waals surface area contributed by atoms with Crippen LogP contribution in [0.5, 0.6) is 5.75 Å². The van der Waals surface area contributed by atoms with Gasteiger partial charge < -0.3 is 14.7 Å². The van der Waals surface area contributed by atoms with Gasteiger partial charge in [-0.2, -0.15) is 0 Å². The second-order valence-electron chi connectivity index (χ2n) is 9.31. The second-order valence-corrected chi connectivity index (χ2v) is 10.4. The van der Waals surface area contributed by atoms with Crippen LogP contribution in [-0.4, -0.2) is 50.4 Å². The molecule has 32 heavy (non-hydrogen) atoms. The molecule has 2 saturated heterocycles. The minimum Gasteiger partial charge on any atom is -0.490 e.